The molecule has 3 heterocycles. The van der Waals surface area contributed by atoms with Crippen molar-refractivity contribution in [1.29, 1.82) is 0 Å². The Morgan fingerprint density at radius 3 is 2.78 bits per heavy atom. The first-order chi connectivity index (χ1) is 12.6. The molecule has 3 rings (SSSR count). The average Bonchev–Trinajstić information content (AvgIpc) is 2.98. The number of anilines is 1. The van der Waals surface area contributed by atoms with Gasteiger partial charge in [0.1, 0.15) is 5.69 Å². The summed E-state index contributed by atoms with van der Waals surface area (Å²) >= 11 is 5.99. The second-order valence-electron chi connectivity index (χ2n) is 7.17. The second kappa shape index (κ2) is 7.07. The summed E-state index contributed by atoms with van der Waals surface area (Å²) in [4.78, 5) is 23.5. The standard InChI is InChI=1S/C17H18ClFN6O2/c1-17(2,3)11(5-12(26)27)22-15-10(19)7-21-16(23-15)13-9-4-8(18)6-20-14(9)25-24-13/h4,6-7,11H,5H2,1-3H3,(H,26,27)(H,20,24,25)(H,21,22,23)/t11-/m1/s1. The minimum atomic E-state index is -0.990. The third-order valence-corrected chi connectivity index (χ3v) is 4.28. The van der Waals surface area contributed by atoms with Crippen molar-refractivity contribution < 1.29 is 14.3 Å². The summed E-state index contributed by atoms with van der Waals surface area (Å²) in [5.74, 6) is -1.60. The molecule has 0 aliphatic rings. The van der Waals surface area contributed by atoms with E-state index >= 15 is 0 Å². The predicted octanol–water partition coefficient (Wildman–Crippen LogP) is 3.51. The number of pyridine rings is 1. The van der Waals surface area contributed by atoms with Crippen LogP contribution in [-0.4, -0.2) is 42.3 Å². The van der Waals surface area contributed by atoms with Crippen LogP contribution in [0.5, 0.6) is 0 Å². The molecule has 27 heavy (non-hydrogen) atoms. The van der Waals surface area contributed by atoms with Gasteiger partial charge in [-0.3, -0.25) is 9.89 Å². The molecule has 0 aromatic carbocycles. The SMILES string of the molecule is CC(C)(C)[C@@H](CC(=O)O)Nc1nc(-c2n[nH]c3ncc(Cl)cc23)ncc1F. The van der Waals surface area contributed by atoms with E-state index in [0.29, 0.717) is 21.7 Å². The fraction of sp³-hybridized carbons (Fsp3) is 0.353. The van der Waals surface area contributed by atoms with Crippen LogP contribution in [-0.2, 0) is 4.79 Å². The highest BCUT2D eigenvalue weighted by Crippen LogP contribution is 2.29. The second-order valence-corrected chi connectivity index (χ2v) is 7.61. The molecular weight excluding hydrogens is 375 g/mol. The fourth-order valence-corrected chi connectivity index (χ4v) is 2.70. The first-order valence-electron chi connectivity index (χ1n) is 8.16. The van der Waals surface area contributed by atoms with Gasteiger partial charge in [0.2, 0.25) is 0 Å². The summed E-state index contributed by atoms with van der Waals surface area (Å²) in [6.45, 7) is 5.59. The fourth-order valence-electron chi connectivity index (χ4n) is 2.54. The number of aromatic amines is 1. The number of fused-ring (bicyclic) bond motifs is 1. The maximum Gasteiger partial charge on any atom is 0.305 e. The molecule has 0 radical (unpaired) electrons. The molecule has 0 saturated heterocycles. The maximum absolute atomic E-state index is 14.3. The molecule has 10 heteroatoms. The molecule has 3 N–H and O–H groups in total. The number of carboxylic acids is 1. The van der Waals surface area contributed by atoms with Gasteiger partial charge in [0.15, 0.2) is 23.1 Å². The molecule has 0 aliphatic carbocycles. The molecule has 0 unspecified atom stereocenters. The van der Waals surface area contributed by atoms with Crippen LogP contribution in [0.2, 0.25) is 5.02 Å². The molecule has 0 bridgehead atoms. The number of hydrogen-bond donors (Lipinski definition) is 3. The van der Waals surface area contributed by atoms with E-state index in [4.69, 9.17) is 16.7 Å². The van der Waals surface area contributed by atoms with E-state index in [9.17, 15) is 9.18 Å². The van der Waals surface area contributed by atoms with Crippen LogP contribution in [0.3, 0.4) is 0 Å². The Hall–Kier alpha value is -2.81. The highest BCUT2D eigenvalue weighted by atomic mass is 35.5. The minimum Gasteiger partial charge on any atom is -0.481 e. The minimum absolute atomic E-state index is 0.0905. The van der Waals surface area contributed by atoms with E-state index in [1.807, 2.05) is 20.8 Å². The molecule has 1 atom stereocenters. The Morgan fingerprint density at radius 2 is 2.11 bits per heavy atom. The number of nitrogens with zero attached hydrogens (tertiary/aromatic N) is 4. The van der Waals surface area contributed by atoms with Gasteiger partial charge in [-0.1, -0.05) is 32.4 Å². The van der Waals surface area contributed by atoms with Crippen molar-refractivity contribution in [1.82, 2.24) is 25.1 Å². The van der Waals surface area contributed by atoms with E-state index in [0.717, 1.165) is 6.20 Å². The summed E-state index contributed by atoms with van der Waals surface area (Å²) in [7, 11) is 0. The Bertz CT molecular complexity index is 1000. The summed E-state index contributed by atoms with van der Waals surface area (Å²) < 4.78 is 14.3. The van der Waals surface area contributed by atoms with Gasteiger partial charge in [-0.15, -0.1) is 0 Å². The summed E-state index contributed by atoms with van der Waals surface area (Å²) in [6.07, 6.45) is 2.31. The zero-order chi connectivity index (χ0) is 19.8. The summed E-state index contributed by atoms with van der Waals surface area (Å²) in [5, 5.41) is 19.9. The van der Waals surface area contributed by atoms with Gasteiger partial charge in [-0.25, -0.2) is 19.3 Å². The summed E-state index contributed by atoms with van der Waals surface area (Å²) in [6, 6.07) is 1.12. The average molecular weight is 393 g/mol. The van der Waals surface area contributed by atoms with Crippen molar-refractivity contribution >= 4 is 34.4 Å². The van der Waals surface area contributed by atoms with Crippen LogP contribution < -0.4 is 5.32 Å². The van der Waals surface area contributed by atoms with Crippen molar-refractivity contribution in [2.45, 2.75) is 33.2 Å². The molecule has 3 aromatic rings. The van der Waals surface area contributed by atoms with Crippen LogP contribution in [0, 0.1) is 11.2 Å². The Labute approximate surface area is 159 Å². The molecule has 0 saturated carbocycles. The molecule has 142 valence electrons. The zero-order valence-electron chi connectivity index (χ0n) is 14.9. The largest absolute Gasteiger partial charge is 0.481 e. The monoisotopic (exact) mass is 392 g/mol. The van der Waals surface area contributed by atoms with Crippen molar-refractivity contribution in [3.63, 3.8) is 0 Å². The molecule has 8 nitrogen and oxygen atoms in total. The lowest BCUT2D eigenvalue weighted by Gasteiger charge is -2.30. The lowest BCUT2D eigenvalue weighted by atomic mass is 9.85. The number of rotatable bonds is 5. The van der Waals surface area contributed by atoms with Crippen LogP contribution >= 0.6 is 11.6 Å². The van der Waals surface area contributed by atoms with Crippen LogP contribution in [0.1, 0.15) is 27.2 Å². The molecular formula is C17H18ClFN6O2. The number of H-pyrrole nitrogens is 1. The smallest absolute Gasteiger partial charge is 0.305 e. The van der Waals surface area contributed by atoms with Gasteiger partial charge in [-0.05, 0) is 11.5 Å². The number of hydrogen-bond acceptors (Lipinski definition) is 6. The van der Waals surface area contributed by atoms with Crippen LogP contribution in [0.15, 0.2) is 18.5 Å². The first kappa shape index (κ1) is 19.0. The summed E-state index contributed by atoms with van der Waals surface area (Å²) in [5.41, 5.74) is 0.427. The van der Waals surface area contributed by atoms with E-state index in [1.54, 1.807) is 6.07 Å². The number of carboxylic acid groups (broad SMARTS) is 1. The molecule has 0 amide bonds. The highest BCUT2D eigenvalue weighted by Gasteiger charge is 2.28. The molecule has 0 aliphatic heterocycles. The van der Waals surface area contributed by atoms with Crippen LogP contribution in [0.4, 0.5) is 10.2 Å². The van der Waals surface area contributed by atoms with Crippen molar-refractivity contribution in [2.75, 3.05) is 5.32 Å². The normalized spacial score (nSPS) is 12.9. The van der Waals surface area contributed by atoms with Gasteiger partial charge < -0.3 is 10.4 Å². The van der Waals surface area contributed by atoms with Crippen molar-refractivity contribution in [3.8, 4) is 11.5 Å². The molecule has 0 fully saturated rings. The topological polar surface area (TPSA) is 117 Å². The van der Waals surface area contributed by atoms with Crippen molar-refractivity contribution in [3.05, 3.63) is 29.3 Å². The Kier molecular flexibility index (Phi) is 4.97. The van der Waals surface area contributed by atoms with Crippen LogP contribution in [0.25, 0.3) is 22.6 Å². The van der Waals surface area contributed by atoms with E-state index in [2.05, 4.69) is 30.5 Å². The van der Waals surface area contributed by atoms with Gasteiger partial charge in [0, 0.05) is 12.2 Å². The number of carbonyl (C=O) groups is 1. The van der Waals surface area contributed by atoms with E-state index in [1.165, 1.54) is 6.20 Å². The van der Waals surface area contributed by atoms with E-state index < -0.39 is 23.2 Å². The van der Waals surface area contributed by atoms with Gasteiger partial charge in [-0.2, -0.15) is 5.10 Å². The van der Waals surface area contributed by atoms with Gasteiger partial charge in [0.25, 0.3) is 0 Å². The predicted molar refractivity (Wildman–Crippen MR) is 99.0 cm³/mol. The van der Waals surface area contributed by atoms with Gasteiger partial charge >= 0.3 is 5.97 Å². The number of aromatic nitrogens is 5. The highest BCUT2D eigenvalue weighted by molar-refractivity contribution is 6.31. The van der Waals surface area contributed by atoms with Crippen molar-refractivity contribution in [2.24, 2.45) is 5.41 Å². The molecule has 3 aromatic heterocycles. The molecule has 0 spiro atoms. The number of aliphatic carboxylic acids is 1. The quantitative estimate of drug-likeness (QED) is 0.608. The Morgan fingerprint density at radius 1 is 1.37 bits per heavy atom. The zero-order valence-corrected chi connectivity index (χ0v) is 15.7. The maximum atomic E-state index is 14.3. The van der Waals surface area contributed by atoms with Gasteiger partial charge in [0.05, 0.1) is 23.0 Å². The number of nitrogens with one attached hydrogen (secondary N) is 2. The third kappa shape index (κ3) is 4.13. The lowest BCUT2D eigenvalue weighted by molar-refractivity contribution is -0.137. The first-order valence-corrected chi connectivity index (χ1v) is 8.54. The Balaban J connectivity index is 2.01. The van der Waals surface area contributed by atoms with E-state index in [-0.39, 0.29) is 18.1 Å². The number of halogens is 2. The third-order valence-electron chi connectivity index (χ3n) is 4.07. The lowest BCUT2D eigenvalue weighted by Crippen LogP contribution is -2.36.